The van der Waals surface area contributed by atoms with E-state index < -0.39 is 0 Å². The molecule has 0 amide bonds. The number of methoxy groups -OCH3 is 2. The molecule has 6 heteroatoms. The molecule has 0 saturated carbocycles. The lowest BCUT2D eigenvalue weighted by Crippen LogP contribution is -2.23. The van der Waals surface area contributed by atoms with Crippen molar-refractivity contribution in [1.82, 2.24) is 9.97 Å². The fraction of sp³-hybridized carbons (Fsp3) is 0.412. The Labute approximate surface area is 137 Å². The number of aromatic nitrogens is 2. The zero-order chi connectivity index (χ0) is 16.8. The summed E-state index contributed by atoms with van der Waals surface area (Å²) in [4.78, 5) is 11.2. The summed E-state index contributed by atoms with van der Waals surface area (Å²) >= 11 is 0. The molecule has 23 heavy (non-hydrogen) atoms. The SMILES string of the molecule is CCN(CC)c1cc(Nc2cc(OC)ccc2OC)nc(C)n1. The van der Waals surface area contributed by atoms with E-state index in [9.17, 15) is 0 Å². The van der Waals surface area contributed by atoms with Gasteiger partial charge in [-0.3, -0.25) is 0 Å². The van der Waals surface area contributed by atoms with Gasteiger partial charge in [-0.15, -0.1) is 0 Å². The van der Waals surface area contributed by atoms with Crippen LogP contribution < -0.4 is 19.7 Å². The lowest BCUT2D eigenvalue weighted by atomic mass is 10.2. The van der Waals surface area contributed by atoms with Crippen LogP contribution in [0.5, 0.6) is 11.5 Å². The van der Waals surface area contributed by atoms with Crippen LogP contribution in [0.25, 0.3) is 0 Å². The second-order valence-electron chi connectivity index (χ2n) is 5.02. The number of anilines is 3. The third-order valence-electron chi connectivity index (χ3n) is 3.58. The van der Waals surface area contributed by atoms with Gasteiger partial charge in [-0.1, -0.05) is 0 Å². The average Bonchev–Trinajstić information content (AvgIpc) is 2.55. The van der Waals surface area contributed by atoms with Crippen LogP contribution in [0.3, 0.4) is 0 Å². The lowest BCUT2D eigenvalue weighted by Gasteiger charge is -2.21. The van der Waals surface area contributed by atoms with E-state index in [2.05, 4.69) is 34.0 Å². The predicted octanol–water partition coefficient (Wildman–Crippen LogP) is 3.39. The maximum absolute atomic E-state index is 5.40. The molecule has 0 spiro atoms. The summed E-state index contributed by atoms with van der Waals surface area (Å²) in [6, 6.07) is 7.55. The summed E-state index contributed by atoms with van der Waals surface area (Å²) in [5.41, 5.74) is 0.801. The van der Waals surface area contributed by atoms with Gasteiger partial charge in [0.2, 0.25) is 0 Å². The van der Waals surface area contributed by atoms with Gasteiger partial charge < -0.3 is 19.7 Å². The van der Waals surface area contributed by atoms with E-state index in [1.165, 1.54) is 0 Å². The summed E-state index contributed by atoms with van der Waals surface area (Å²) < 4.78 is 10.7. The molecule has 2 rings (SSSR count). The second-order valence-corrected chi connectivity index (χ2v) is 5.02. The fourth-order valence-corrected chi connectivity index (χ4v) is 2.38. The topological polar surface area (TPSA) is 59.5 Å². The monoisotopic (exact) mass is 316 g/mol. The molecule has 6 nitrogen and oxygen atoms in total. The Morgan fingerprint density at radius 1 is 1.04 bits per heavy atom. The first kappa shape index (κ1) is 16.9. The molecule has 0 aliphatic rings. The molecule has 1 aromatic carbocycles. The molecule has 0 unspecified atom stereocenters. The molecule has 2 aromatic rings. The number of aryl methyl sites for hydroxylation is 1. The van der Waals surface area contributed by atoms with Gasteiger partial charge in [0.05, 0.1) is 19.9 Å². The van der Waals surface area contributed by atoms with Crippen LogP contribution in [0, 0.1) is 6.92 Å². The number of nitrogens with zero attached hydrogens (tertiary/aromatic N) is 3. The van der Waals surface area contributed by atoms with Gasteiger partial charge in [-0.2, -0.15) is 0 Å². The van der Waals surface area contributed by atoms with Gasteiger partial charge in [0.15, 0.2) is 0 Å². The first-order valence-corrected chi connectivity index (χ1v) is 7.70. The summed E-state index contributed by atoms with van der Waals surface area (Å²) in [5, 5.41) is 3.30. The summed E-state index contributed by atoms with van der Waals surface area (Å²) in [7, 11) is 3.28. The molecular weight excluding hydrogens is 292 g/mol. The molecule has 124 valence electrons. The molecule has 1 N–H and O–H groups in total. The number of benzene rings is 1. The van der Waals surface area contributed by atoms with Crippen molar-refractivity contribution in [3.8, 4) is 11.5 Å². The van der Waals surface area contributed by atoms with Crippen LogP contribution in [-0.2, 0) is 0 Å². The second kappa shape index (κ2) is 7.67. The molecule has 0 bridgehead atoms. The van der Waals surface area contributed by atoms with E-state index in [-0.39, 0.29) is 0 Å². The smallest absolute Gasteiger partial charge is 0.142 e. The highest BCUT2D eigenvalue weighted by Crippen LogP contribution is 2.31. The number of hydrogen-bond acceptors (Lipinski definition) is 6. The van der Waals surface area contributed by atoms with Crippen LogP contribution in [0.1, 0.15) is 19.7 Å². The summed E-state index contributed by atoms with van der Waals surface area (Å²) in [6.07, 6.45) is 0. The Balaban J connectivity index is 2.36. The first-order chi connectivity index (χ1) is 11.1. The van der Waals surface area contributed by atoms with Gasteiger partial charge in [-0.05, 0) is 32.9 Å². The predicted molar refractivity (Wildman–Crippen MR) is 93.2 cm³/mol. The Hall–Kier alpha value is -2.50. The summed E-state index contributed by atoms with van der Waals surface area (Å²) in [5.74, 6) is 3.84. The normalized spacial score (nSPS) is 10.3. The highest BCUT2D eigenvalue weighted by molar-refractivity contribution is 5.67. The van der Waals surface area contributed by atoms with Gasteiger partial charge in [0, 0.05) is 25.2 Å². The number of nitrogens with one attached hydrogen (secondary N) is 1. The van der Waals surface area contributed by atoms with Gasteiger partial charge in [0.1, 0.15) is 29.0 Å². The third-order valence-corrected chi connectivity index (χ3v) is 3.58. The van der Waals surface area contributed by atoms with E-state index in [1.54, 1.807) is 14.2 Å². The van der Waals surface area contributed by atoms with Crippen LogP contribution in [-0.4, -0.2) is 37.3 Å². The van der Waals surface area contributed by atoms with Gasteiger partial charge in [0.25, 0.3) is 0 Å². The Morgan fingerprint density at radius 3 is 2.39 bits per heavy atom. The minimum Gasteiger partial charge on any atom is -0.497 e. The maximum atomic E-state index is 5.40. The molecule has 0 fully saturated rings. The molecule has 1 aromatic heterocycles. The van der Waals surface area contributed by atoms with E-state index in [0.717, 1.165) is 47.7 Å². The Kier molecular flexibility index (Phi) is 5.62. The number of rotatable bonds is 7. The minimum atomic E-state index is 0.721. The molecule has 0 aliphatic heterocycles. The largest absolute Gasteiger partial charge is 0.497 e. The number of hydrogen-bond donors (Lipinski definition) is 1. The molecule has 0 radical (unpaired) electrons. The molecular formula is C17H24N4O2. The van der Waals surface area contributed by atoms with E-state index >= 15 is 0 Å². The van der Waals surface area contributed by atoms with Crippen molar-refractivity contribution in [2.24, 2.45) is 0 Å². The molecule has 0 atom stereocenters. The van der Waals surface area contributed by atoms with Crippen LogP contribution in [0.4, 0.5) is 17.3 Å². The molecule has 0 saturated heterocycles. The van der Waals surface area contributed by atoms with Crippen molar-refractivity contribution < 1.29 is 9.47 Å². The standard InChI is InChI=1S/C17H24N4O2/c1-6-21(7-2)17-11-16(18-12(3)19-17)20-14-10-13(22-4)8-9-15(14)23-5/h8-11H,6-7H2,1-5H3,(H,18,19,20). The molecule has 1 heterocycles. The van der Waals surface area contributed by atoms with Gasteiger partial charge in [-0.25, -0.2) is 9.97 Å². The zero-order valence-corrected chi connectivity index (χ0v) is 14.4. The Bertz CT molecular complexity index is 657. The molecule has 0 aliphatic carbocycles. The third kappa shape index (κ3) is 4.03. The van der Waals surface area contributed by atoms with E-state index in [4.69, 9.17) is 9.47 Å². The van der Waals surface area contributed by atoms with Crippen molar-refractivity contribution in [3.05, 3.63) is 30.1 Å². The quantitative estimate of drug-likeness (QED) is 0.845. The fourth-order valence-electron chi connectivity index (χ4n) is 2.38. The summed E-state index contributed by atoms with van der Waals surface area (Å²) in [6.45, 7) is 7.91. The van der Waals surface area contributed by atoms with Crippen LogP contribution >= 0.6 is 0 Å². The van der Waals surface area contributed by atoms with Gasteiger partial charge >= 0.3 is 0 Å². The number of ether oxygens (including phenoxy) is 2. The average molecular weight is 316 g/mol. The maximum Gasteiger partial charge on any atom is 0.142 e. The zero-order valence-electron chi connectivity index (χ0n) is 14.4. The van der Waals surface area contributed by atoms with E-state index in [1.807, 2.05) is 31.2 Å². The van der Waals surface area contributed by atoms with Crippen molar-refractivity contribution >= 4 is 17.3 Å². The highest BCUT2D eigenvalue weighted by atomic mass is 16.5. The first-order valence-electron chi connectivity index (χ1n) is 7.70. The van der Waals surface area contributed by atoms with Crippen LogP contribution in [0.2, 0.25) is 0 Å². The highest BCUT2D eigenvalue weighted by Gasteiger charge is 2.10. The van der Waals surface area contributed by atoms with Crippen molar-refractivity contribution in [3.63, 3.8) is 0 Å². The van der Waals surface area contributed by atoms with Crippen molar-refractivity contribution in [1.29, 1.82) is 0 Å². The van der Waals surface area contributed by atoms with Crippen molar-refractivity contribution in [2.75, 3.05) is 37.5 Å². The van der Waals surface area contributed by atoms with Crippen LogP contribution in [0.15, 0.2) is 24.3 Å². The van der Waals surface area contributed by atoms with E-state index in [0.29, 0.717) is 0 Å². The lowest BCUT2D eigenvalue weighted by molar-refractivity contribution is 0.405. The van der Waals surface area contributed by atoms with Crippen molar-refractivity contribution in [2.45, 2.75) is 20.8 Å². The minimum absolute atomic E-state index is 0.721. The Morgan fingerprint density at radius 2 is 1.78 bits per heavy atom.